The van der Waals surface area contributed by atoms with Crippen LogP contribution in [-0.2, 0) is 13.0 Å². The van der Waals surface area contributed by atoms with Crippen molar-refractivity contribution >= 4 is 11.6 Å². The average Bonchev–Trinajstić information content (AvgIpc) is 3.00. The second-order valence-corrected chi connectivity index (χ2v) is 5.10. The smallest absolute Gasteiger partial charge is 0.213 e. The van der Waals surface area contributed by atoms with Crippen molar-refractivity contribution in [1.29, 1.82) is 0 Å². The summed E-state index contributed by atoms with van der Waals surface area (Å²) >= 11 is 0. The SMILES string of the molecule is CN=C(NCc1cccc(OC)n1)N1CCc2ccccc21. The van der Waals surface area contributed by atoms with Gasteiger partial charge >= 0.3 is 0 Å². The van der Waals surface area contributed by atoms with Gasteiger partial charge in [-0.2, -0.15) is 0 Å². The van der Waals surface area contributed by atoms with Crippen LogP contribution in [0.1, 0.15) is 11.3 Å². The van der Waals surface area contributed by atoms with Crippen LogP contribution in [0, 0.1) is 0 Å². The number of guanidine groups is 1. The second-order valence-electron chi connectivity index (χ2n) is 5.10. The third-order valence-corrected chi connectivity index (χ3v) is 3.77. The predicted molar refractivity (Wildman–Crippen MR) is 88.5 cm³/mol. The first-order chi connectivity index (χ1) is 10.8. The number of para-hydroxylation sites is 1. The number of anilines is 1. The molecule has 1 aromatic heterocycles. The number of nitrogens with one attached hydrogen (secondary N) is 1. The number of hydrogen-bond donors (Lipinski definition) is 1. The Morgan fingerprint density at radius 3 is 2.95 bits per heavy atom. The normalized spacial score (nSPS) is 13.9. The molecule has 1 aliphatic rings. The van der Waals surface area contributed by atoms with Crippen LogP contribution >= 0.6 is 0 Å². The first kappa shape index (κ1) is 14.4. The number of aliphatic imine (C=N–C) groups is 1. The number of aromatic nitrogens is 1. The molecule has 5 nitrogen and oxygen atoms in total. The highest BCUT2D eigenvalue weighted by Crippen LogP contribution is 2.27. The number of nitrogens with zero attached hydrogens (tertiary/aromatic N) is 3. The molecule has 114 valence electrons. The zero-order valence-electron chi connectivity index (χ0n) is 12.9. The molecule has 1 aliphatic heterocycles. The molecule has 3 rings (SSSR count). The summed E-state index contributed by atoms with van der Waals surface area (Å²) in [6.07, 6.45) is 1.05. The van der Waals surface area contributed by atoms with E-state index < -0.39 is 0 Å². The molecule has 0 amide bonds. The summed E-state index contributed by atoms with van der Waals surface area (Å²) in [5.41, 5.74) is 3.52. The van der Waals surface area contributed by atoms with Gasteiger partial charge in [-0.05, 0) is 24.1 Å². The highest BCUT2D eigenvalue weighted by molar-refractivity contribution is 5.97. The zero-order chi connectivity index (χ0) is 15.4. The first-order valence-corrected chi connectivity index (χ1v) is 7.38. The van der Waals surface area contributed by atoms with Gasteiger partial charge in [-0.3, -0.25) is 4.99 Å². The van der Waals surface area contributed by atoms with E-state index in [1.54, 1.807) is 7.11 Å². The summed E-state index contributed by atoms with van der Waals surface area (Å²) in [6.45, 7) is 1.56. The highest BCUT2D eigenvalue weighted by Gasteiger charge is 2.22. The molecule has 0 fully saturated rings. The van der Waals surface area contributed by atoms with E-state index in [9.17, 15) is 0 Å². The maximum Gasteiger partial charge on any atom is 0.213 e. The van der Waals surface area contributed by atoms with Gasteiger partial charge < -0.3 is 15.0 Å². The lowest BCUT2D eigenvalue weighted by Crippen LogP contribution is -2.40. The van der Waals surface area contributed by atoms with Crippen LogP contribution in [0.3, 0.4) is 0 Å². The van der Waals surface area contributed by atoms with Gasteiger partial charge in [-0.25, -0.2) is 4.98 Å². The van der Waals surface area contributed by atoms with E-state index in [1.807, 2.05) is 25.2 Å². The van der Waals surface area contributed by atoms with Crippen molar-refractivity contribution in [3.63, 3.8) is 0 Å². The Morgan fingerprint density at radius 2 is 2.14 bits per heavy atom. The quantitative estimate of drug-likeness (QED) is 0.697. The Balaban J connectivity index is 1.71. The van der Waals surface area contributed by atoms with E-state index in [0.29, 0.717) is 12.4 Å². The fourth-order valence-electron chi connectivity index (χ4n) is 2.69. The van der Waals surface area contributed by atoms with E-state index in [1.165, 1.54) is 11.3 Å². The highest BCUT2D eigenvalue weighted by atomic mass is 16.5. The van der Waals surface area contributed by atoms with Crippen LogP contribution in [0.15, 0.2) is 47.5 Å². The van der Waals surface area contributed by atoms with Crippen LogP contribution < -0.4 is 15.0 Å². The van der Waals surface area contributed by atoms with Gasteiger partial charge in [0.1, 0.15) is 0 Å². The van der Waals surface area contributed by atoms with Crippen LogP contribution in [0.4, 0.5) is 5.69 Å². The molecular weight excluding hydrogens is 276 g/mol. The third-order valence-electron chi connectivity index (χ3n) is 3.77. The minimum atomic E-state index is 0.614. The minimum Gasteiger partial charge on any atom is -0.481 e. The Hall–Kier alpha value is -2.56. The predicted octanol–water partition coefficient (Wildman–Crippen LogP) is 2.23. The summed E-state index contributed by atoms with van der Waals surface area (Å²) < 4.78 is 5.15. The first-order valence-electron chi connectivity index (χ1n) is 7.38. The topological polar surface area (TPSA) is 49.8 Å². The molecule has 0 bridgehead atoms. The fraction of sp³-hybridized carbons (Fsp3) is 0.294. The average molecular weight is 296 g/mol. The van der Waals surface area contributed by atoms with Crippen molar-refractivity contribution in [1.82, 2.24) is 10.3 Å². The molecule has 0 aliphatic carbocycles. The van der Waals surface area contributed by atoms with Gasteiger partial charge in [0.05, 0.1) is 19.3 Å². The van der Waals surface area contributed by atoms with E-state index >= 15 is 0 Å². The van der Waals surface area contributed by atoms with E-state index in [0.717, 1.165) is 24.6 Å². The molecule has 0 spiro atoms. The number of fused-ring (bicyclic) bond motifs is 1. The zero-order valence-corrected chi connectivity index (χ0v) is 12.9. The molecule has 2 aromatic rings. The lowest BCUT2D eigenvalue weighted by molar-refractivity contribution is 0.396. The van der Waals surface area contributed by atoms with Gasteiger partial charge in [0.25, 0.3) is 0 Å². The van der Waals surface area contributed by atoms with Crippen molar-refractivity contribution in [3.05, 3.63) is 53.7 Å². The van der Waals surface area contributed by atoms with Crippen molar-refractivity contribution in [2.45, 2.75) is 13.0 Å². The molecule has 0 atom stereocenters. The molecule has 22 heavy (non-hydrogen) atoms. The van der Waals surface area contributed by atoms with Crippen molar-refractivity contribution in [2.75, 3.05) is 25.6 Å². The Morgan fingerprint density at radius 1 is 1.27 bits per heavy atom. The maximum atomic E-state index is 5.15. The Labute approximate surface area is 130 Å². The lowest BCUT2D eigenvalue weighted by atomic mass is 10.2. The van der Waals surface area contributed by atoms with Crippen molar-refractivity contribution in [2.24, 2.45) is 4.99 Å². The van der Waals surface area contributed by atoms with Gasteiger partial charge in [0.2, 0.25) is 5.88 Å². The van der Waals surface area contributed by atoms with Gasteiger partial charge in [0.15, 0.2) is 5.96 Å². The van der Waals surface area contributed by atoms with Crippen LogP contribution in [0.5, 0.6) is 5.88 Å². The van der Waals surface area contributed by atoms with E-state index in [-0.39, 0.29) is 0 Å². The maximum absolute atomic E-state index is 5.15. The monoisotopic (exact) mass is 296 g/mol. The summed E-state index contributed by atoms with van der Waals surface area (Å²) in [4.78, 5) is 11.0. The number of pyridine rings is 1. The lowest BCUT2D eigenvalue weighted by Gasteiger charge is -2.22. The van der Waals surface area contributed by atoms with Crippen molar-refractivity contribution < 1.29 is 4.74 Å². The molecule has 0 unspecified atom stereocenters. The summed E-state index contributed by atoms with van der Waals surface area (Å²) in [6, 6.07) is 14.2. The van der Waals surface area contributed by atoms with E-state index in [2.05, 4.69) is 44.5 Å². The number of rotatable bonds is 3. The van der Waals surface area contributed by atoms with E-state index in [4.69, 9.17) is 4.74 Å². The molecule has 5 heteroatoms. The van der Waals surface area contributed by atoms with Crippen molar-refractivity contribution in [3.8, 4) is 5.88 Å². The summed E-state index contributed by atoms with van der Waals surface area (Å²) in [5, 5.41) is 3.38. The van der Waals surface area contributed by atoms with Crippen LogP contribution in [0.25, 0.3) is 0 Å². The second kappa shape index (κ2) is 6.47. The Kier molecular flexibility index (Phi) is 4.23. The number of methoxy groups -OCH3 is 1. The van der Waals surface area contributed by atoms with Gasteiger partial charge in [-0.15, -0.1) is 0 Å². The van der Waals surface area contributed by atoms with Crippen LogP contribution in [0.2, 0.25) is 0 Å². The fourth-order valence-corrected chi connectivity index (χ4v) is 2.69. The Bertz CT molecular complexity index is 684. The minimum absolute atomic E-state index is 0.614. The molecule has 1 N–H and O–H groups in total. The summed E-state index contributed by atoms with van der Waals surface area (Å²) in [5.74, 6) is 1.50. The largest absolute Gasteiger partial charge is 0.481 e. The molecular formula is C17H20N4O. The number of benzene rings is 1. The standard InChI is InChI=1S/C17H20N4O/c1-18-17(19-12-14-7-5-9-16(20-14)22-2)21-11-10-13-6-3-4-8-15(13)21/h3-9H,10-12H2,1-2H3,(H,18,19). The molecule has 0 radical (unpaired) electrons. The molecule has 1 aromatic carbocycles. The van der Waals surface area contributed by atoms with Gasteiger partial charge in [-0.1, -0.05) is 24.3 Å². The molecule has 0 saturated carbocycles. The molecule has 0 saturated heterocycles. The van der Waals surface area contributed by atoms with Crippen LogP contribution in [-0.4, -0.2) is 31.6 Å². The number of hydrogen-bond acceptors (Lipinski definition) is 3. The third kappa shape index (κ3) is 2.88. The number of ether oxygens (including phenoxy) is 1. The molecule has 2 heterocycles. The van der Waals surface area contributed by atoms with Gasteiger partial charge in [0, 0.05) is 25.3 Å². The summed E-state index contributed by atoms with van der Waals surface area (Å²) in [7, 11) is 3.43.